The first kappa shape index (κ1) is 13.6. The van der Waals surface area contributed by atoms with E-state index in [1.807, 2.05) is 0 Å². The summed E-state index contributed by atoms with van der Waals surface area (Å²) in [4.78, 5) is 33.0. The standard InChI is InChI=1S/C13H13N5O2S/c19-12(8-17-5-6-21-13(17)20)16-10-1-2-11(15-7-10)18-4-3-14-9-18/h1-4,7,9H,5-6,8H2,(H,16,19). The van der Waals surface area contributed by atoms with Crippen molar-refractivity contribution in [2.24, 2.45) is 0 Å². The van der Waals surface area contributed by atoms with Gasteiger partial charge in [0.25, 0.3) is 5.24 Å². The molecule has 0 saturated carbocycles. The Morgan fingerprint density at radius 3 is 2.95 bits per heavy atom. The Morgan fingerprint density at radius 1 is 1.43 bits per heavy atom. The normalized spacial score (nSPS) is 14.5. The van der Waals surface area contributed by atoms with Crippen LogP contribution in [0.2, 0.25) is 0 Å². The molecule has 3 rings (SSSR count). The van der Waals surface area contributed by atoms with Crippen LogP contribution in [-0.2, 0) is 4.79 Å². The summed E-state index contributed by atoms with van der Waals surface area (Å²) in [6, 6.07) is 3.55. The summed E-state index contributed by atoms with van der Waals surface area (Å²) >= 11 is 1.24. The summed E-state index contributed by atoms with van der Waals surface area (Å²) in [5, 5.41) is 2.69. The molecule has 0 bridgehead atoms. The highest BCUT2D eigenvalue weighted by molar-refractivity contribution is 8.13. The van der Waals surface area contributed by atoms with Gasteiger partial charge in [-0.05, 0) is 12.1 Å². The number of carbonyl (C=O) groups is 2. The summed E-state index contributed by atoms with van der Waals surface area (Å²) in [5.74, 6) is 1.24. The Morgan fingerprint density at radius 2 is 2.33 bits per heavy atom. The van der Waals surface area contributed by atoms with Crippen LogP contribution in [0.5, 0.6) is 0 Å². The van der Waals surface area contributed by atoms with Crippen LogP contribution in [0.25, 0.3) is 5.82 Å². The number of rotatable bonds is 4. The zero-order valence-electron chi connectivity index (χ0n) is 11.1. The van der Waals surface area contributed by atoms with Crippen molar-refractivity contribution in [1.82, 2.24) is 19.4 Å². The molecule has 8 heteroatoms. The molecule has 1 N–H and O–H groups in total. The van der Waals surface area contributed by atoms with E-state index in [1.54, 1.807) is 41.6 Å². The van der Waals surface area contributed by atoms with E-state index in [4.69, 9.17) is 0 Å². The van der Waals surface area contributed by atoms with Crippen LogP contribution in [0.4, 0.5) is 10.5 Å². The average molecular weight is 303 g/mol. The molecular weight excluding hydrogens is 290 g/mol. The highest BCUT2D eigenvalue weighted by atomic mass is 32.2. The summed E-state index contributed by atoms with van der Waals surface area (Å²) in [7, 11) is 0. The Labute approximate surface area is 125 Å². The molecule has 2 amide bonds. The Balaban J connectivity index is 1.60. The molecule has 0 radical (unpaired) electrons. The molecule has 0 spiro atoms. The van der Waals surface area contributed by atoms with Crippen molar-refractivity contribution in [3.63, 3.8) is 0 Å². The van der Waals surface area contributed by atoms with Gasteiger partial charge >= 0.3 is 0 Å². The van der Waals surface area contributed by atoms with Crippen molar-refractivity contribution in [1.29, 1.82) is 0 Å². The number of pyridine rings is 1. The summed E-state index contributed by atoms with van der Waals surface area (Å²) in [6.45, 7) is 0.698. The minimum Gasteiger partial charge on any atom is -0.323 e. The first-order chi connectivity index (χ1) is 10.2. The van der Waals surface area contributed by atoms with Crippen molar-refractivity contribution in [3.8, 4) is 5.82 Å². The van der Waals surface area contributed by atoms with Gasteiger partial charge in [-0.1, -0.05) is 11.8 Å². The second-order valence-corrected chi connectivity index (χ2v) is 5.51. The second-order valence-electron chi connectivity index (χ2n) is 4.46. The third-order valence-corrected chi connectivity index (χ3v) is 3.87. The fraction of sp³-hybridized carbons (Fsp3) is 0.231. The van der Waals surface area contributed by atoms with E-state index in [2.05, 4.69) is 15.3 Å². The number of amides is 2. The van der Waals surface area contributed by atoms with Gasteiger partial charge in [0.1, 0.15) is 18.7 Å². The number of hydrogen-bond donors (Lipinski definition) is 1. The van der Waals surface area contributed by atoms with E-state index in [0.717, 1.165) is 11.6 Å². The summed E-state index contributed by atoms with van der Waals surface area (Å²) in [5.41, 5.74) is 0.600. The predicted octanol–water partition coefficient (Wildman–Crippen LogP) is 1.37. The van der Waals surface area contributed by atoms with Crippen molar-refractivity contribution < 1.29 is 9.59 Å². The van der Waals surface area contributed by atoms with Crippen LogP contribution in [0.3, 0.4) is 0 Å². The van der Waals surface area contributed by atoms with Crippen LogP contribution in [0.15, 0.2) is 37.1 Å². The fourth-order valence-electron chi connectivity index (χ4n) is 1.95. The van der Waals surface area contributed by atoms with E-state index < -0.39 is 0 Å². The number of aromatic nitrogens is 3. The van der Waals surface area contributed by atoms with E-state index in [0.29, 0.717) is 12.2 Å². The molecule has 21 heavy (non-hydrogen) atoms. The molecule has 0 atom stereocenters. The SMILES string of the molecule is O=C(CN1CCSC1=O)Nc1ccc(-n2ccnc2)nc1. The van der Waals surface area contributed by atoms with Crippen LogP contribution in [-0.4, -0.2) is 49.4 Å². The van der Waals surface area contributed by atoms with Crippen molar-refractivity contribution in [3.05, 3.63) is 37.1 Å². The maximum absolute atomic E-state index is 11.9. The Kier molecular flexibility index (Phi) is 3.87. The molecule has 1 aliphatic rings. The first-order valence-electron chi connectivity index (χ1n) is 6.38. The largest absolute Gasteiger partial charge is 0.323 e. The molecule has 3 heterocycles. The molecule has 1 aliphatic heterocycles. The maximum atomic E-state index is 11.9. The van der Waals surface area contributed by atoms with Gasteiger partial charge in [-0.25, -0.2) is 9.97 Å². The number of thioether (sulfide) groups is 1. The van der Waals surface area contributed by atoms with E-state index >= 15 is 0 Å². The van der Waals surface area contributed by atoms with E-state index in [9.17, 15) is 9.59 Å². The van der Waals surface area contributed by atoms with Gasteiger partial charge in [-0.3, -0.25) is 14.2 Å². The lowest BCUT2D eigenvalue weighted by Gasteiger charge is -2.14. The lowest BCUT2D eigenvalue weighted by Crippen LogP contribution is -2.33. The quantitative estimate of drug-likeness (QED) is 0.923. The van der Waals surface area contributed by atoms with Gasteiger partial charge in [0, 0.05) is 24.7 Å². The second kappa shape index (κ2) is 5.96. The van der Waals surface area contributed by atoms with Gasteiger partial charge in [0.05, 0.1) is 11.9 Å². The first-order valence-corrected chi connectivity index (χ1v) is 7.37. The number of carbonyl (C=O) groups excluding carboxylic acids is 2. The molecule has 1 saturated heterocycles. The molecule has 108 valence electrons. The van der Waals surface area contributed by atoms with Crippen molar-refractivity contribution >= 4 is 28.6 Å². The molecule has 7 nitrogen and oxygen atoms in total. The summed E-state index contributed by atoms with van der Waals surface area (Å²) < 4.78 is 1.77. The number of imidazole rings is 1. The highest BCUT2D eigenvalue weighted by Crippen LogP contribution is 2.17. The van der Waals surface area contributed by atoms with E-state index in [1.165, 1.54) is 16.7 Å². The van der Waals surface area contributed by atoms with Crippen LogP contribution in [0, 0.1) is 0 Å². The van der Waals surface area contributed by atoms with Crippen LogP contribution < -0.4 is 5.32 Å². The van der Waals surface area contributed by atoms with Gasteiger partial charge in [-0.2, -0.15) is 0 Å². The third-order valence-electron chi connectivity index (χ3n) is 2.98. The van der Waals surface area contributed by atoms with Gasteiger partial charge in [0.15, 0.2) is 0 Å². The lowest BCUT2D eigenvalue weighted by molar-refractivity contribution is -0.116. The fourth-order valence-corrected chi connectivity index (χ4v) is 2.78. The van der Waals surface area contributed by atoms with Gasteiger partial charge in [-0.15, -0.1) is 0 Å². The number of anilines is 1. The molecule has 1 fully saturated rings. The van der Waals surface area contributed by atoms with Crippen LogP contribution >= 0.6 is 11.8 Å². The number of hydrogen-bond acceptors (Lipinski definition) is 5. The molecule has 0 aliphatic carbocycles. The molecular formula is C13H13N5O2S. The minimum atomic E-state index is -0.219. The van der Waals surface area contributed by atoms with Crippen LogP contribution in [0.1, 0.15) is 0 Å². The molecule has 2 aromatic heterocycles. The Bertz CT molecular complexity index is 641. The number of nitrogens with one attached hydrogen (secondary N) is 1. The monoisotopic (exact) mass is 303 g/mol. The van der Waals surface area contributed by atoms with E-state index in [-0.39, 0.29) is 17.7 Å². The predicted molar refractivity (Wildman–Crippen MR) is 79.4 cm³/mol. The molecule has 0 aromatic carbocycles. The highest BCUT2D eigenvalue weighted by Gasteiger charge is 2.23. The lowest BCUT2D eigenvalue weighted by atomic mass is 10.4. The molecule has 0 unspecified atom stereocenters. The maximum Gasteiger partial charge on any atom is 0.282 e. The van der Waals surface area contributed by atoms with Crippen molar-refractivity contribution in [2.75, 3.05) is 24.2 Å². The summed E-state index contributed by atoms with van der Waals surface area (Å²) in [6.07, 6.45) is 6.69. The minimum absolute atomic E-state index is 0.0428. The third kappa shape index (κ3) is 3.22. The zero-order valence-corrected chi connectivity index (χ0v) is 11.9. The zero-order chi connectivity index (χ0) is 14.7. The smallest absolute Gasteiger partial charge is 0.282 e. The molecule has 2 aromatic rings. The van der Waals surface area contributed by atoms with Gasteiger partial charge < -0.3 is 10.2 Å². The number of nitrogens with zero attached hydrogens (tertiary/aromatic N) is 4. The van der Waals surface area contributed by atoms with Gasteiger partial charge in [0.2, 0.25) is 5.91 Å². The average Bonchev–Trinajstić information content (AvgIpc) is 3.12. The Hall–Kier alpha value is -2.35. The topological polar surface area (TPSA) is 80.1 Å². The van der Waals surface area contributed by atoms with Crippen molar-refractivity contribution in [2.45, 2.75) is 0 Å².